The molecule has 8 nitrogen and oxygen atoms in total. The number of carbonyl (C=O) groups is 1. The molecule has 24 heavy (non-hydrogen) atoms. The van der Waals surface area contributed by atoms with Crippen LogP contribution >= 0.6 is 0 Å². The molecule has 126 valence electrons. The third-order valence-electron chi connectivity index (χ3n) is 5.01. The predicted octanol–water partition coefficient (Wildman–Crippen LogP) is 1.33. The highest BCUT2D eigenvalue weighted by molar-refractivity contribution is 5.93. The van der Waals surface area contributed by atoms with E-state index in [1.807, 2.05) is 10.9 Å². The van der Waals surface area contributed by atoms with Crippen molar-refractivity contribution in [2.24, 2.45) is 0 Å². The van der Waals surface area contributed by atoms with Gasteiger partial charge in [-0.1, -0.05) is 5.16 Å². The first-order chi connectivity index (χ1) is 11.8. The van der Waals surface area contributed by atoms with Crippen molar-refractivity contribution in [3.8, 4) is 0 Å². The maximum absolute atomic E-state index is 11.7. The van der Waals surface area contributed by atoms with Crippen molar-refractivity contribution >= 4 is 11.7 Å². The van der Waals surface area contributed by atoms with Gasteiger partial charge in [-0.25, -0.2) is 4.79 Å². The smallest absolute Gasteiger partial charge is 0.322 e. The van der Waals surface area contributed by atoms with E-state index in [0.29, 0.717) is 25.0 Å². The molecule has 3 fully saturated rings. The van der Waals surface area contributed by atoms with Crippen LogP contribution in [0.25, 0.3) is 0 Å². The van der Waals surface area contributed by atoms with Crippen LogP contribution in [0.2, 0.25) is 0 Å². The molecular formula is C16H20N6O2. The van der Waals surface area contributed by atoms with E-state index in [0.717, 1.165) is 36.8 Å². The lowest BCUT2D eigenvalue weighted by molar-refractivity contribution is 0.0884. The second-order valence-electron chi connectivity index (χ2n) is 6.90. The number of hydrogen-bond donors (Lipinski definition) is 1. The van der Waals surface area contributed by atoms with Crippen LogP contribution in [-0.4, -0.2) is 52.0 Å². The second-order valence-corrected chi connectivity index (χ2v) is 6.90. The number of hydrogen-bond acceptors (Lipinski definition) is 5. The Kier molecular flexibility index (Phi) is 3.12. The number of likely N-dealkylation sites (tertiary alicyclic amines) is 1. The Balaban J connectivity index is 1.17. The molecule has 8 heteroatoms. The first kappa shape index (κ1) is 14.0. The fraction of sp³-hybridized carbons (Fsp3) is 0.562. The molecule has 2 aromatic heterocycles. The zero-order valence-electron chi connectivity index (χ0n) is 13.4. The minimum absolute atomic E-state index is 0.0396. The molecule has 0 bridgehead atoms. The van der Waals surface area contributed by atoms with Gasteiger partial charge in [-0.05, 0) is 12.8 Å². The number of urea groups is 1. The number of aromatic nitrogens is 3. The first-order valence-corrected chi connectivity index (χ1v) is 8.53. The highest BCUT2D eigenvalue weighted by Gasteiger charge is 2.32. The minimum Gasteiger partial charge on any atom is -0.361 e. The standard InChI is InChI=1S/C16H20N6O2/c23-16-17-3-4-21(16)13-6-18-22(10-13)14-8-20(9-14)7-12-5-15(24-19-12)11-1-2-11/h5-6,10-11,14H,1-4,7-9H2,(H,17,23). The molecule has 1 N–H and O–H groups in total. The van der Waals surface area contributed by atoms with Crippen molar-refractivity contribution in [1.82, 2.24) is 25.2 Å². The van der Waals surface area contributed by atoms with Gasteiger partial charge in [0.15, 0.2) is 0 Å². The summed E-state index contributed by atoms with van der Waals surface area (Å²) in [6, 6.07) is 2.42. The van der Waals surface area contributed by atoms with Gasteiger partial charge in [0.25, 0.3) is 0 Å². The quantitative estimate of drug-likeness (QED) is 0.896. The van der Waals surface area contributed by atoms with Gasteiger partial charge >= 0.3 is 6.03 Å². The number of rotatable bonds is 5. The van der Waals surface area contributed by atoms with Gasteiger partial charge in [-0.3, -0.25) is 14.5 Å². The minimum atomic E-state index is -0.0396. The summed E-state index contributed by atoms with van der Waals surface area (Å²) in [5.74, 6) is 1.66. The van der Waals surface area contributed by atoms with Gasteiger partial charge in [-0.2, -0.15) is 5.10 Å². The Bertz CT molecular complexity index is 758. The summed E-state index contributed by atoms with van der Waals surface area (Å²) in [6.07, 6.45) is 6.20. The number of amides is 2. The van der Waals surface area contributed by atoms with Gasteiger partial charge in [0, 0.05) is 50.9 Å². The Labute approximate surface area is 139 Å². The zero-order chi connectivity index (χ0) is 16.1. The van der Waals surface area contributed by atoms with E-state index in [-0.39, 0.29) is 6.03 Å². The summed E-state index contributed by atoms with van der Waals surface area (Å²) >= 11 is 0. The molecular weight excluding hydrogens is 308 g/mol. The summed E-state index contributed by atoms with van der Waals surface area (Å²) in [6.45, 7) is 4.12. The largest absolute Gasteiger partial charge is 0.361 e. The average molecular weight is 328 g/mol. The molecule has 0 unspecified atom stereocenters. The van der Waals surface area contributed by atoms with Crippen LogP contribution in [0.5, 0.6) is 0 Å². The Morgan fingerprint density at radius 3 is 2.96 bits per heavy atom. The number of nitrogens with zero attached hydrogens (tertiary/aromatic N) is 5. The lowest BCUT2D eigenvalue weighted by atomic mass is 10.1. The second kappa shape index (κ2) is 5.34. The topological polar surface area (TPSA) is 79.4 Å². The van der Waals surface area contributed by atoms with Crippen molar-refractivity contribution in [3.63, 3.8) is 0 Å². The number of carbonyl (C=O) groups excluding carboxylic acids is 1. The van der Waals surface area contributed by atoms with Gasteiger partial charge in [-0.15, -0.1) is 0 Å². The van der Waals surface area contributed by atoms with Crippen LogP contribution in [0, 0.1) is 0 Å². The lowest BCUT2D eigenvalue weighted by Crippen LogP contribution is -2.47. The van der Waals surface area contributed by atoms with Crippen molar-refractivity contribution in [2.75, 3.05) is 31.1 Å². The summed E-state index contributed by atoms with van der Waals surface area (Å²) in [5.41, 5.74) is 1.89. The molecule has 0 aromatic carbocycles. The van der Waals surface area contributed by atoms with Crippen LogP contribution in [0.1, 0.15) is 36.3 Å². The molecule has 1 saturated carbocycles. The van der Waals surface area contributed by atoms with Gasteiger partial charge < -0.3 is 9.84 Å². The van der Waals surface area contributed by atoms with Gasteiger partial charge in [0.2, 0.25) is 0 Å². The molecule has 3 aliphatic rings. The molecule has 0 radical (unpaired) electrons. The molecule has 2 aromatic rings. The average Bonchev–Trinajstić information content (AvgIpc) is 2.95. The van der Waals surface area contributed by atoms with E-state index in [4.69, 9.17) is 4.52 Å². The van der Waals surface area contributed by atoms with Crippen molar-refractivity contribution in [2.45, 2.75) is 31.3 Å². The van der Waals surface area contributed by atoms with Crippen molar-refractivity contribution < 1.29 is 9.32 Å². The maximum atomic E-state index is 11.7. The molecule has 0 spiro atoms. The first-order valence-electron chi connectivity index (χ1n) is 8.53. The van der Waals surface area contributed by atoms with Crippen LogP contribution < -0.4 is 10.2 Å². The van der Waals surface area contributed by atoms with E-state index in [1.54, 1.807) is 11.1 Å². The normalized spacial score (nSPS) is 22.0. The van der Waals surface area contributed by atoms with Crippen LogP contribution in [-0.2, 0) is 6.54 Å². The fourth-order valence-electron chi connectivity index (χ4n) is 3.42. The van der Waals surface area contributed by atoms with Crippen LogP contribution in [0.4, 0.5) is 10.5 Å². The SMILES string of the molecule is O=C1NCCN1c1cnn(C2CN(Cc3cc(C4CC4)on3)C2)c1. The number of nitrogens with one attached hydrogen (secondary N) is 1. The Morgan fingerprint density at radius 1 is 1.33 bits per heavy atom. The van der Waals surface area contributed by atoms with Crippen molar-refractivity contribution in [1.29, 1.82) is 0 Å². The molecule has 2 amide bonds. The summed E-state index contributed by atoms with van der Waals surface area (Å²) in [7, 11) is 0. The Morgan fingerprint density at radius 2 is 2.21 bits per heavy atom. The monoisotopic (exact) mass is 328 g/mol. The third-order valence-corrected chi connectivity index (χ3v) is 5.01. The van der Waals surface area contributed by atoms with Gasteiger partial charge in [0.05, 0.1) is 23.6 Å². The van der Waals surface area contributed by atoms with E-state index in [1.165, 1.54) is 12.8 Å². The number of anilines is 1. The molecule has 4 heterocycles. The third kappa shape index (κ3) is 2.47. The summed E-state index contributed by atoms with van der Waals surface area (Å²) in [5, 5.41) is 11.4. The van der Waals surface area contributed by atoms with E-state index in [2.05, 4.69) is 26.5 Å². The summed E-state index contributed by atoms with van der Waals surface area (Å²) in [4.78, 5) is 15.8. The van der Waals surface area contributed by atoms with E-state index >= 15 is 0 Å². The molecule has 0 atom stereocenters. The highest BCUT2D eigenvalue weighted by atomic mass is 16.5. The van der Waals surface area contributed by atoms with E-state index < -0.39 is 0 Å². The molecule has 1 aliphatic carbocycles. The van der Waals surface area contributed by atoms with Crippen LogP contribution in [0.3, 0.4) is 0 Å². The lowest BCUT2D eigenvalue weighted by Gasteiger charge is -2.38. The fourth-order valence-corrected chi connectivity index (χ4v) is 3.42. The zero-order valence-corrected chi connectivity index (χ0v) is 13.4. The maximum Gasteiger partial charge on any atom is 0.322 e. The van der Waals surface area contributed by atoms with Crippen LogP contribution in [0.15, 0.2) is 23.0 Å². The van der Waals surface area contributed by atoms with E-state index in [9.17, 15) is 4.79 Å². The van der Waals surface area contributed by atoms with Crippen molar-refractivity contribution in [3.05, 3.63) is 29.9 Å². The molecule has 5 rings (SSSR count). The predicted molar refractivity (Wildman–Crippen MR) is 85.8 cm³/mol. The molecule has 2 saturated heterocycles. The highest BCUT2D eigenvalue weighted by Crippen LogP contribution is 2.40. The summed E-state index contributed by atoms with van der Waals surface area (Å²) < 4.78 is 7.37. The van der Waals surface area contributed by atoms with Gasteiger partial charge in [0.1, 0.15) is 5.76 Å². The molecule has 2 aliphatic heterocycles. The Hall–Kier alpha value is -2.35.